The van der Waals surface area contributed by atoms with Crippen LogP contribution in [0, 0.1) is 0 Å². The van der Waals surface area contributed by atoms with Crippen LogP contribution in [0.1, 0.15) is 30.3 Å². The molecular formula is C24H24N2O5S2. The van der Waals surface area contributed by atoms with Crippen LogP contribution in [0.2, 0.25) is 0 Å². The number of hydrogen-bond acceptors (Lipinski definition) is 8. The van der Waals surface area contributed by atoms with E-state index in [0.29, 0.717) is 39.6 Å². The predicted octanol–water partition coefficient (Wildman–Crippen LogP) is 2.89. The number of ether oxygens (including phenoxy) is 3. The lowest BCUT2D eigenvalue weighted by atomic mass is 10.0. The van der Waals surface area contributed by atoms with Crippen LogP contribution in [-0.2, 0) is 14.3 Å². The standard InChI is InChI=1S/C24H24N2O5S2/c1-4-30-17-9-6-5-8-16(17)14-19-22(27)26-21(18-10-7-13-32-18)20(15(2)25-24(26)33-19)23(28)31-12-11-29-3/h5-10,13-14,21H,4,11-12H2,1-3H3/b19-14+/t21-/m0/s1. The van der Waals surface area contributed by atoms with E-state index in [1.807, 2.05) is 54.8 Å². The Morgan fingerprint density at radius 3 is 2.76 bits per heavy atom. The molecule has 0 aliphatic carbocycles. The number of thiazole rings is 1. The number of esters is 1. The maximum Gasteiger partial charge on any atom is 0.338 e. The minimum absolute atomic E-state index is 0.127. The summed E-state index contributed by atoms with van der Waals surface area (Å²) in [6, 6.07) is 10.8. The molecule has 172 valence electrons. The van der Waals surface area contributed by atoms with Crippen LogP contribution in [0.4, 0.5) is 0 Å². The van der Waals surface area contributed by atoms with Crippen molar-refractivity contribution in [2.75, 3.05) is 26.9 Å². The lowest BCUT2D eigenvalue weighted by molar-refractivity contribution is -0.140. The molecule has 0 unspecified atom stereocenters. The number of rotatable bonds is 8. The average molecular weight is 485 g/mol. The topological polar surface area (TPSA) is 79.1 Å². The lowest BCUT2D eigenvalue weighted by Crippen LogP contribution is -2.39. The molecule has 9 heteroatoms. The molecule has 0 spiro atoms. The number of carbonyl (C=O) groups is 1. The molecule has 0 bridgehead atoms. The first-order chi connectivity index (χ1) is 16.0. The van der Waals surface area contributed by atoms with Gasteiger partial charge in [0, 0.05) is 17.6 Å². The maximum absolute atomic E-state index is 13.6. The van der Waals surface area contributed by atoms with E-state index in [9.17, 15) is 9.59 Å². The summed E-state index contributed by atoms with van der Waals surface area (Å²) in [6.45, 7) is 4.64. The smallest absolute Gasteiger partial charge is 0.338 e. The van der Waals surface area contributed by atoms with E-state index in [2.05, 4.69) is 4.99 Å². The second-order valence-electron chi connectivity index (χ2n) is 7.20. The van der Waals surface area contributed by atoms with Gasteiger partial charge in [-0.3, -0.25) is 9.36 Å². The van der Waals surface area contributed by atoms with Crippen LogP contribution < -0.4 is 19.6 Å². The summed E-state index contributed by atoms with van der Waals surface area (Å²) in [6.07, 6.45) is 1.82. The Kier molecular flexibility index (Phi) is 7.22. The van der Waals surface area contributed by atoms with Crippen LogP contribution in [0.15, 0.2) is 62.8 Å². The van der Waals surface area contributed by atoms with Gasteiger partial charge in [0.05, 0.1) is 29.0 Å². The normalized spacial score (nSPS) is 15.8. The van der Waals surface area contributed by atoms with Gasteiger partial charge < -0.3 is 14.2 Å². The Balaban J connectivity index is 1.85. The van der Waals surface area contributed by atoms with Gasteiger partial charge in [0.25, 0.3) is 5.56 Å². The van der Waals surface area contributed by atoms with Crippen molar-refractivity contribution in [3.8, 4) is 5.75 Å². The Labute approximate surface area is 198 Å². The number of nitrogens with zero attached hydrogens (tertiary/aromatic N) is 2. The van der Waals surface area contributed by atoms with Crippen LogP contribution in [0.5, 0.6) is 5.75 Å². The van der Waals surface area contributed by atoms with E-state index in [1.165, 1.54) is 22.7 Å². The number of benzene rings is 1. The number of allylic oxidation sites excluding steroid dienone is 1. The molecule has 0 amide bonds. The summed E-state index contributed by atoms with van der Waals surface area (Å²) >= 11 is 2.78. The van der Waals surface area contributed by atoms with E-state index >= 15 is 0 Å². The summed E-state index contributed by atoms with van der Waals surface area (Å²) in [7, 11) is 1.54. The highest BCUT2D eigenvalue weighted by molar-refractivity contribution is 7.10. The monoisotopic (exact) mass is 484 g/mol. The van der Waals surface area contributed by atoms with E-state index < -0.39 is 12.0 Å². The average Bonchev–Trinajstić information content (AvgIpc) is 3.43. The quantitative estimate of drug-likeness (QED) is 0.363. The fraction of sp³-hybridized carbons (Fsp3) is 0.292. The molecule has 0 radical (unpaired) electrons. The zero-order valence-electron chi connectivity index (χ0n) is 18.6. The van der Waals surface area contributed by atoms with E-state index in [0.717, 1.165) is 10.4 Å². The van der Waals surface area contributed by atoms with Crippen molar-refractivity contribution in [3.05, 3.63) is 83.2 Å². The Hall–Kier alpha value is -3.01. The molecule has 1 aromatic carbocycles. The van der Waals surface area contributed by atoms with Crippen molar-refractivity contribution < 1.29 is 19.0 Å². The summed E-state index contributed by atoms with van der Waals surface area (Å²) in [4.78, 5) is 32.6. The number of methoxy groups -OCH3 is 1. The first kappa shape index (κ1) is 23.2. The summed E-state index contributed by atoms with van der Waals surface area (Å²) in [5.74, 6) is 0.210. The van der Waals surface area contributed by atoms with Crippen molar-refractivity contribution in [3.63, 3.8) is 0 Å². The van der Waals surface area contributed by atoms with Gasteiger partial charge in [-0.25, -0.2) is 9.79 Å². The van der Waals surface area contributed by atoms with Gasteiger partial charge >= 0.3 is 5.97 Å². The third kappa shape index (κ3) is 4.71. The van der Waals surface area contributed by atoms with Crippen molar-refractivity contribution in [2.24, 2.45) is 4.99 Å². The molecule has 1 atom stereocenters. The molecule has 0 fully saturated rings. The first-order valence-electron chi connectivity index (χ1n) is 10.5. The molecular weight excluding hydrogens is 460 g/mol. The predicted molar refractivity (Wildman–Crippen MR) is 129 cm³/mol. The van der Waals surface area contributed by atoms with Crippen molar-refractivity contribution >= 4 is 34.7 Å². The molecule has 7 nitrogen and oxygen atoms in total. The van der Waals surface area contributed by atoms with Gasteiger partial charge in [-0.15, -0.1) is 11.3 Å². The minimum Gasteiger partial charge on any atom is -0.493 e. The van der Waals surface area contributed by atoms with Gasteiger partial charge in [-0.05, 0) is 37.4 Å². The second-order valence-corrected chi connectivity index (χ2v) is 9.19. The molecule has 1 aliphatic rings. The number of thiophene rings is 1. The lowest BCUT2D eigenvalue weighted by Gasteiger charge is -2.23. The van der Waals surface area contributed by atoms with Gasteiger partial charge in [-0.2, -0.15) is 0 Å². The van der Waals surface area contributed by atoms with Crippen molar-refractivity contribution in [1.82, 2.24) is 4.57 Å². The molecule has 4 rings (SSSR count). The fourth-order valence-electron chi connectivity index (χ4n) is 3.62. The fourth-order valence-corrected chi connectivity index (χ4v) is 5.48. The molecule has 3 heterocycles. The van der Waals surface area contributed by atoms with Crippen molar-refractivity contribution in [1.29, 1.82) is 0 Å². The Bertz CT molecular complexity index is 1350. The van der Waals surface area contributed by atoms with Gasteiger partial charge in [-0.1, -0.05) is 35.6 Å². The van der Waals surface area contributed by atoms with Crippen LogP contribution in [-0.4, -0.2) is 37.5 Å². The van der Waals surface area contributed by atoms with Gasteiger partial charge in [0.15, 0.2) is 4.80 Å². The number of fused-ring (bicyclic) bond motifs is 1. The molecule has 0 saturated heterocycles. The van der Waals surface area contributed by atoms with Crippen LogP contribution in [0.3, 0.4) is 0 Å². The summed E-state index contributed by atoms with van der Waals surface area (Å²) in [5, 5.41) is 1.92. The summed E-state index contributed by atoms with van der Waals surface area (Å²) < 4.78 is 18.2. The first-order valence-corrected chi connectivity index (χ1v) is 12.2. The second kappa shape index (κ2) is 10.3. The van der Waals surface area contributed by atoms with E-state index in [-0.39, 0.29) is 12.2 Å². The van der Waals surface area contributed by atoms with Crippen molar-refractivity contribution in [2.45, 2.75) is 19.9 Å². The number of aromatic nitrogens is 1. The molecule has 0 saturated carbocycles. The Morgan fingerprint density at radius 1 is 1.21 bits per heavy atom. The maximum atomic E-state index is 13.6. The van der Waals surface area contributed by atoms with E-state index in [1.54, 1.807) is 18.6 Å². The number of para-hydroxylation sites is 1. The Morgan fingerprint density at radius 2 is 2.03 bits per heavy atom. The largest absolute Gasteiger partial charge is 0.493 e. The van der Waals surface area contributed by atoms with Gasteiger partial charge in [0.2, 0.25) is 0 Å². The molecule has 33 heavy (non-hydrogen) atoms. The van der Waals surface area contributed by atoms with Crippen LogP contribution >= 0.6 is 22.7 Å². The molecule has 2 aromatic heterocycles. The van der Waals surface area contributed by atoms with E-state index in [4.69, 9.17) is 14.2 Å². The summed E-state index contributed by atoms with van der Waals surface area (Å²) in [5.41, 5.74) is 1.51. The molecule has 1 aliphatic heterocycles. The zero-order chi connectivity index (χ0) is 23.4. The zero-order valence-corrected chi connectivity index (χ0v) is 20.2. The SMILES string of the molecule is CCOc1ccccc1/C=c1/sc2n(c1=O)[C@@H](c1cccs1)C(C(=O)OCCOC)=C(C)N=2. The minimum atomic E-state index is -0.597. The van der Waals surface area contributed by atoms with Gasteiger partial charge in [0.1, 0.15) is 18.4 Å². The number of carbonyl (C=O) groups excluding carboxylic acids is 1. The molecule has 3 aromatic rings. The number of hydrogen-bond donors (Lipinski definition) is 0. The highest BCUT2D eigenvalue weighted by Gasteiger charge is 2.34. The third-order valence-corrected chi connectivity index (χ3v) is 6.99. The highest BCUT2D eigenvalue weighted by Crippen LogP contribution is 2.33. The third-order valence-electron chi connectivity index (χ3n) is 5.08. The highest BCUT2D eigenvalue weighted by atomic mass is 32.1. The molecule has 0 N–H and O–H groups in total. The van der Waals surface area contributed by atoms with Crippen LogP contribution in [0.25, 0.3) is 6.08 Å².